The molecule has 1 aromatic carbocycles. The van der Waals surface area contributed by atoms with Gasteiger partial charge in [0, 0.05) is 26.2 Å². The maximum absolute atomic E-state index is 13.0. The lowest BCUT2D eigenvalue weighted by atomic mass is 10.0. The molecule has 0 spiro atoms. The highest BCUT2D eigenvalue weighted by atomic mass is 19.1. The maximum Gasteiger partial charge on any atom is 0.326 e. The van der Waals surface area contributed by atoms with Crippen molar-refractivity contribution in [2.45, 2.75) is 51.6 Å². The number of hydrogen-bond donors (Lipinski definition) is 3. The lowest BCUT2D eigenvalue weighted by molar-refractivity contribution is -0.142. The predicted molar refractivity (Wildman–Crippen MR) is 91.8 cm³/mol. The van der Waals surface area contributed by atoms with Gasteiger partial charge in [-0.2, -0.15) is 0 Å². The van der Waals surface area contributed by atoms with Crippen LogP contribution in [0.2, 0.25) is 0 Å². The number of nitrogens with one attached hydrogen (secondary N) is 2. The molecule has 0 saturated heterocycles. The van der Waals surface area contributed by atoms with Gasteiger partial charge in [0.1, 0.15) is 23.7 Å². The molecule has 0 fully saturated rings. The normalized spacial score (nSPS) is 12.7. The summed E-state index contributed by atoms with van der Waals surface area (Å²) >= 11 is 0. The van der Waals surface area contributed by atoms with Crippen molar-refractivity contribution in [3.63, 3.8) is 0 Å². The van der Waals surface area contributed by atoms with Crippen LogP contribution in [0.3, 0.4) is 0 Å². The van der Waals surface area contributed by atoms with Gasteiger partial charge in [0.15, 0.2) is 0 Å². The second-order valence-corrected chi connectivity index (χ2v) is 5.91. The molecule has 2 amide bonds. The lowest BCUT2D eigenvalue weighted by Gasteiger charge is -2.21. The summed E-state index contributed by atoms with van der Waals surface area (Å²) in [6.07, 6.45) is 0.374. The summed E-state index contributed by atoms with van der Waals surface area (Å²) < 4.78 is 13.0. The first kappa shape index (κ1) is 21.3. The molecule has 0 aliphatic rings. The number of carbonyl (C=O) groups excluding carboxylic acids is 3. The van der Waals surface area contributed by atoms with E-state index in [1.807, 2.05) is 0 Å². The SMILES string of the molecule is CCC(=O)CC[C@@H](NC(=O)[C@H](Cc1ccc(F)cc1)NC(C)=O)C(=O)O. The highest BCUT2D eigenvalue weighted by Crippen LogP contribution is 2.08. The first-order chi connectivity index (χ1) is 12.2. The highest BCUT2D eigenvalue weighted by Gasteiger charge is 2.26. The van der Waals surface area contributed by atoms with E-state index in [4.69, 9.17) is 0 Å². The number of halogens is 1. The summed E-state index contributed by atoms with van der Waals surface area (Å²) in [6, 6.07) is 3.17. The van der Waals surface area contributed by atoms with Crippen LogP contribution in [0.1, 0.15) is 38.7 Å². The summed E-state index contributed by atoms with van der Waals surface area (Å²) in [7, 11) is 0. The number of rotatable bonds is 10. The van der Waals surface area contributed by atoms with Gasteiger partial charge < -0.3 is 15.7 Å². The third-order valence-corrected chi connectivity index (χ3v) is 3.77. The second-order valence-electron chi connectivity index (χ2n) is 5.91. The molecule has 0 aliphatic heterocycles. The van der Waals surface area contributed by atoms with Crippen molar-refractivity contribution < 1.29 is 28.7 Å². The molecule has 1 aromatic rings. The molecular formula is C18H23FN2O5. The van der Waals surface area contributed by atoms with Gasteiger partial charge in [0.25, 0.3) is 0 Å². The molecular weight excluding hydrogens is 343 g/mol. The number of amides is 2. The van der Waals surface area contributed by atoms with Gasteiger partial charge in [-0.1, -0.05) is 19.1 Å². The van der Waals surface area contributed by atoms with Gasteiger partial charge in [-0.3, -0.25) is 14.4 Å². The maximum atomic E-state index is 13.0. The Morgan fingerprint density at radius 1 is 1.08 bits per heavy atom. The molecule has 0 saturated carbocycles. The Morgan fingerprint density at radius 3 is 2.19 bits per heavy atom. The van der Waals surface area contributed by atoms with E-state index in [1.54, 1.807) is 6.92 Å². The van der Waals surface area contributed by atoms with E-state index < -0.39 is 35.7 Å². The smallest absolute Gasteiger partial charge is 0.326 e. The van der Waals surface area contributed by atoms with Crippen LogP contribution in [0, 0.1) is 5.82 Å². The van der Waals surface area contributed by atoms with E-state index in [-0.39, 0.29) is 25.0 Å². The van der Waals surface area contributed by atoms with Gasteiger partial charge in [-0.15, -0.1) is 0 Å². The second kappa shape index (κ2) is 10.3. The summed E-state index contributed by atoms with van der Waals surface area (Å²) in [5.41, 5.74) is 0.605. The van der Waals surface area contributed by atoms with Crippen LogP contribution in [0.15, 0.2) is 24.3 Å². The van der Waals surface area contributed by atoms with E-state index in [1.165, 1.54) is 31.2 Å². The lowest BCUT2D eigenvalue weighted by Crippen LogP contribution is -2.52. The summed E-state index contributed by atoms with van der Waals surface area (Å²) in [5.74, 6) is -2.93. The Labute approximate surface area is 151 Å². The topological polar surface area (TPSA) is 113 Å². The molecule has 0 heterocycles. The van der Waals surface area contributed by atoms with Crippen LogP contribution in [0.4, 0.5) is 4.39 Å². The van der Waals surface area contributed by atoms with E-state index in [2.05, 4.69) is 10.6 Å². The number of benzene rings is 1. The monoisotopic (exact) mass is 366 g/mol. The fraction of sp³-hybridized carbons (Fsp3) is 0.444. The molecule has 8 heteroatoms. The zero-order valence-electron chi connectivity index (χ0n) is 14.8. The Bertz CT molecular complexity index is 660. The van der Waals surface area contributed by atoms with Crippen molar-refractivity contribution in [1.82, 2.24) is 10.6 Å². The number of carboxylic acids is 1. The molecule has 0 aromatic heterocycles. The van der Waals surface area contributed by atoms with E-state index in [9.17, 15) is 28.7 Å². The van der Waals surface area contributed by atoms with Crippen LogP contribution in [-0.2, 0) is 25.6 Å². The first-order valence-electron chi connectivity index (χ1n) is 8.29. The molecule has 26 heavy (non-hydrogen) atoms. The zero-order valence-corrected chi connectivity index (χ0v) is 14.8. The fourth-order valence-corrected chi connectivity index (χ4v) is 2.32. The number of hydrogen-bond acceptors (Lipinski definition) is 4. The summed E-state index contributed by atoms with van der Waals surface area (Å²) in [6.45, 7) is 2.91. The summed E-state index contributed by atoms with van der Waals surface area (Å²) in [4.78, 5) is 46.5. The van der Waals surface area contributed by atoms with Crippen molar-refractivity contribution in [3.8, 4) is 0 Å². The minimum Gasteiger partial charge on any atom is -0.480 e. The molecule has 3 N–H and O–H groups in total. The highest BCUT2D eigenvalue weighted by molar-refractivity contribution is 5.90. The van der Waals surface area contributed by atoms with Crippen molar-refractivity contribution >= 4 is 23.6 Å². The van der Waals surface area contributed by atoms with Crippen molar-refractivity contribution in [2.24, 2.45) is 0 Å². The largest absolute Gasteiger partial charge is 0.480 e. The molecule has 2 atom stereocenters. The molecule has 0 radical (unpaired) electrons. The molecule has 0 bridgehead atoms. The molecule has 1 rings (SSSR count). The molecule has 0 unspecified atom stereocenters. The predicted octanol–water partition coefficient (Wildman–Crippen LogP) is 1.20. The van der Waals surface area contributed by atoms with Crippen molar-refractivity contribution in [2.75, 3.05) is 0 Å². The minimum absolute atomic E-state index is 0.0307. The third-order valence-electron chi connectivity index (χ3n) is 3.77. The van der Waals surface area contributed by atoms with Gasteiger partial charge in [-0.25, -0.2) is 9.18 Å². The molecule has 142 valence electrons. The minimum atomic E-state index is -1.26. The first-order valence-corrected chi connectivity index (χ1v) is 8.29. The van der Waals surface area contributed by atoms with Crippen LogP contribution < -0.4 is 10.6 Å². The molecule has 7 nitrogen and oxygen atoms in total. The van der Waals surface area contributed by atoms with Gasteiger partial charge >= 0.3 is 5.97 Å². The number of carboxylic acid groups (broad SMARTS) is 1. The van der Waals surface area contributed by atoms with Crippen LogP contribution in [0.25, 0.3) is 0 Å². The van der Waals surface area contributed by atoms with Crippen molar-refractivity contribution in [3.05, 3.63) is 35.6 Å². The number of Topliss-reactive ketones (excluding diaryl/α,β-unsaturated/α-hetero) is 1. The molecule has 0 aliphatic carbocycles. The van der Waals surface area contributed by atoms with Crippen LogP contribution in [-0.4, -0.2) is 40.8 Å². The average Bonchev–Trinajstić information content (AvgIpc) is 2.58. The quantitative estimate of drug-likeness (QED) is 0.576. The van der Waals surface area contributed by atoms with E-state index in [0.29, 0.717) is 12.0 Å². The number of carbonyl (C=O) groups is 4. The third kappa shape index (κ3) is 7.42. The van der Waals surface area contributed by atoms with E-state index in [0.717, 1.165) is 0 Å². The van der Waals surface area contributed by atoms with Crippen LogP contribution >= 0.6 is 0 Å². The average molecular weight is 366 g/mol. The Kier molecular flexibility index (Phi) is 8.41. The zero-order chi connectivity index (χ0) is 19.7. The number of aliphatic carboxylic acids is 1. The fourth-order valence-electron chi connectivity index (χ4n) is 2.32. The van der Waals surface area contributed by atoms with Crippen LogP contribution in [0.5, 0.6) is 0 Å². The summed E-state index contributed by atoms with van der Waals surface area (Å²) in [5, 5.41) is 14.0. The standard InChI is InChI=1S/C18H23FN2O5/c1-3-14(23)8-9-15(18(25)26)21-17(24)16(20-11(2)22)10-12-4-6-13(19)7-5-12/h4-7,15-16H,3,8-10H2,1-2H3,(H,20,22)(H,21,24)(H,25,26)/t15-,16+/m1/s1. The van der Waals surface area contributed by atoms with Gasteiger partial charge in [0.05, 0.1) is 0 Å². The van der Waals surface area contributed by atoms with Crippen molar-refractivity contribution in [1.29, 1.82) is 0 Å². The van der Waals surface area contributed by atoms with Gasteiger partial charge in [-0.05, 0) is 24.1 Å². The van der Waals surface area contributed by atoms with E-state index >= 15 is 0 Å². The van der Waals surface area contributed by atoms with Gasteiger partial charge in [0.2, 0.25) is 11.8 Å². The Morgan fingerprint density at radius 2 is 1.69 bits per heavy atom. The Balaban J connectivity index is 2.81. The number of ketones is 1. The Hall–Kier alpha value is -2.77.